The van der Waals surface area contributed by atoms with E-state index in [-0.39, 0.29) is 26.4 Å². The van der Waals surface area contributed by atoms with Crippen LogP contribution in [0.15, 0.2) is 76.4 Å². The molecular weight excluding hydrogens is 505 g/mol. The van der Waals surface area contributed by atoms with Crippen LogP contribution in [0, 0.1) is 0 Å². The molecule has 5 nitrogen and oxygen atoms in total. The third-order valence-corrected chi connectivity index (χ3v) is 7.55. The summed E-state index contributed by atoms with van der Waals surface area (Å²) in [6.45, 7) is 0. The van der Waals surface area contributed by atoms with Gasteiger partial charge in [-0.05, 0) is 36.4 Å². The van der Waals surface area contributed by atoms with Crippen molar-refractivity contribution < 1.29 is 14.3 Å². The third kappa shape index (κ3) is 3.73. The topological polar surface area (TPSA) is 65.4 Å². The van der Waals surface area contributed by atoms with Crippen molar-refractivity contribution in [1.82, 2.24) is 4.57 Å². The molecule has 1 unspecified atom stereocenters. The first kappa shape index (κ1) is 22.0. The lowest BCUT2D eigenvalue weighted by Crippen LogP contribution is -2.41. The van der Waals surface area contributed by atoms with Crippen molar-refractivity contribution in [3.8, 4) is 11.4 Å². The fourth-order valence-corrected chi connectivity index (χ4v) is 5.41. The van der Waals surface area contributed by atoms with E-state index in [9.17, 15) is 14.4 Å². The average Bonchev–Trinajstić information content (AvgIpc) is 2.80. The lowest BCUT2D eigenvalue weighted by atomic mass is 10.0. The van der Waals surface area contributed by atoms with E-state index in [1.54, 1.807) is 48.5 Å². The van der Waals surface area contributed by atoms with E-state index < -0.39 is 22.6 Å². The smallest absolute Gasteiger partial charge is 0.332 e. The minimum absolute atomic E-state index is 0.0325. The van der Waals surface area contributed by atoms with Gasteiger partial charge in [-0.3, -0.25) is 14.2 Å². The van der Waals surface area contributed by atoms with Crippen molar-refractivity contribution in [2.75, 3.05) is 0 Å². The van der Waals surface area contributed by atoms with Crippen LogP contribution < -0.4 is 10.3 Å². The Kier molecular flexibility index (Phi) is 5.70. The molecule has 3 aromatic carbocycles. The second-order valence-corrected chi connectivity index (χ2v) is 9.55. The van der Waals surface area contributed by atoms with Crippen LogP contribution >= 0.6 is 46.6 Å². The van der Waals surface area contributed by atoms with Crippen LogP contribution in [0.25, 0.3) is 16.6 Å². The number of para-hydroxylation sites is 2. The van der Waals surface area contributed by atoms with Crippen molar-refractivity contribution in [2.24, 2.45) is 0 Å². The molecule has 0 aliphatic carbocycles. The molecule has 1 aromatic heterocycles. The van der Waals surface area contributed by atoms with Gasteiger partial charge in [0.05, 0.1) is 20.6 Å². The maximum absolute atomic E-state index is 13.6. The molecular formula is C24H12Cl3NO4S. The SMILES string of the molecule is O=C1Oc2c(c(=O)n(-c3ccccc3)c3ccccc23)C(=O)C1Sc1cc(Cl)c(Cl)cc1Cl. The lowest BCUT2D eigenvalue weighted by Gasteiger charge is -2.24. The van der Waals surface area contributed by atoms with E-state index in [0.717, 1.165) is 11.8 Å². The van der Waals surface area contributed by atoms with Crippen LogP contribution in [0.5, 0.6) is 5.75 Å². The van der Waals surface area contributed by atoms with Crippen LogP contribution in [0.1, 0.15) is 10.4 Å². The Morgan fingerprint density at radius 2 is 1.48 bits per heavy atom. The number of aromatic nitrogens is 1. The van der Waals surface area contributed by atoms with Gasteiger partial charge < -0.3 is 4.74 Å². The van der Waals surface area contributed by atoms with Crippen molar-refractivity contribution in [3.05, 3.63) is 97.7 Å². The number of esters is 1. The fourth-order valence-electron chi connectivity index (χ4n) is 3.69. The summed E-state index contributed by atoms with van der Waals surface area (Å²) in [4.78, 5) is 40.3. The number of thioether (sulfide) groups is 1. The maximum Gasteiger partial charge on any atom is 0.332 e. The summed E-state index contributed by atoms with van der Waals surface area (Å²) in [6.07, 6.45) is 0. The highest BCUT2D eigenvalue weighted by Crippen LogP contribution is 2.41. The third-order valence-electron chi connectivity index (χ3n) is 5.17. The Balaban J connectivity index is 1.70. The van der Waals surface area contributed by atoms with E-state index in [1.807, 2.05) is 6.07 Å². The second kappa shape index (κ2) is 8.54. The number of carbonyl (C=O) groups excluding carboxylic acids is 2. The molecule has 1 atom stereocenters. The van der Waals surface area contributed by atoms with Gasteiger partial charge in [-0.2, -0.15) is 0 Å². The quantitative estimate of drug-likeness (QED) is 0.184. The summed E-state index contributed by atoms with van der Waals surface area (Å²) >= 11 is 19.2. The zero-order valence-corrected chi connectivity index (χ0v) is 19.6. The Labute approximate surface area is 206 Å². The van der Waals surface area contributed by atoms with Gasteiger partial charge in [0.1, 0.15) is 5.56 Å². The number of Topliss-reactive ketones (excluding diaryl/α,β-unsaturated/α-hetero) is 1. The predicted octanol–water partition coefficient (Wildman–Crippen LogP) is 6.21. The number of nitrogens with zero attached hydrogens (tertiary/aromatic N) is 1. The summed E-state index contributed by atoms with van der Waals surface area (Å²) in [5.74, 6) is -1.48. The molecule has 1 aliphatic heterocycles. The van der Waals surface area contributed by atoms with Gasteiger partial charge in [-0.25, -0.2) is 4.79 Å². The van der Waals surface area contributed by atoms with Gasteiger partial charge in [-0.1, -0.05) is 65.1 Å². The summed E-state index contributed by atoms with van der Waals surface area (Å²) in [5.41, 5.74) is 0.346. The van der Waals surface area contributed by atoms with E-state index in [1.165, 1.54) is 16.7 Å². The van der Waals surface area contributed by atoms with Gasteiger partial charge >= 0.3 is 5.97 Å². The van der Waals surface area contributed by atoms with Crippen LogP contribution in [0.2, 0.25) is 15.1 Å². The van der Waals surface area contributed by atoms with Gasteiger partial charge in [0.25, 0.3) is 5.56 Å². The van der Waals surface area contributed by atoms with Crippen LogP contribution in [0.3, 0.4) is 0 Å². The fraction of sp³-hybridized carbons (Fsp3) is 0.0417. The van der Waals surface area contributed by atoms with Crippen molar-refractivity contribution in [1.29, 1.82) is 0 Å². The molecule has 0 amide bonds. The number of rotatable bonds is 3. The normalized spacial score (nSPS) is 15.4. The van der Waals surface area contributed by atoms with E-state index in [0.29, 0.717) is 21.5 Å². The number of fused-ring (bicyclic) bond motifs is 3. The van der Waals surface area contributed by atoms with E-state index >= 15 is 0 Å². The number of hydrogen-bond donors (Lipinski definition) is 0. The van der Waals surface area contributed by atoms with Crippen LogP contribution in [-0.2, 0) is 4.79 Å². The monoisotopic (exact) mass is 515 g/mol. The van der Waals surface area contributed by atoms with Crippen LogP contribution in [0.4, 0.5) is 0 Å². The predicted molar refractivity (Wildman–Crippen MR) is 131 cm³/mol. The van der Waals surface area contributed by atoms with Crippen molar-refractivity contribution in [3.63, 3.8) is 0 Å². The molecule has 0 saturated heterocycles. The number of hydrogen-bond acceptors (Lipinski definition) is 5. The number of pyridine rings is 1. The number of carbonyl (C=O) groups is 2. The van der Waals surface area contributed by atoms with Gasteiger partial charge in [-0.15, -0.1) is 11.8 Å². The lowest BCUT2D eigenvalue weighted by molar-refractivity contribution is -0.133. The highest BCUT2D eigenvalue weighted by molar-refractivity contribution is 8.01. The molecule has 1 aliphatic rings. The summed E-state index contributed by atoms with van der Waals surface area (Å²) in [6, 6.07) is 18.8. The Hall–Kier alpha value is -2.77. The molecule has 0 spiro atoms. The standard InChI is InChI=1S/C24H12Cl3NO4S/c25-14-10-16(27)18(11-15(14)26)33-22-20(29)19-21(32-24(22)31)13-8-4-5-9-17(13)28(23(19)30)12-6-2-1-3-7-12/h1-11,22H. The molecule has 0 bridgehead atoms. The first-order valence-corrected chi connectivity index (χ1v) is 11.7. The van der Waals surface area contributed by atoms with Crippen molar-refractivity contribution in [2.45, 2.75) is 10.1 Å². The Morgan fingerprint density at radius 3 is 2.24 bits per heavy atom. The second-order valence-electron chi connectivity index (χ2n) is 7.18. The first-order chi connectivity index (χ1) is 15.9. The molecule has 33 heavy (non-hydrogen) atoms. The molecule has 164 valence electrons. The Morgan fingerprint density at radius 1 is 0.818 bits per heavy atom. The molecule has 5 rings (SSSR count). The maximum atomic E-state index is 13.6. The minimum Gasteiger partial charge on any atom is -0.424 e. The highest BCUT2D eigenvalue weighted by atomic mass is 35.5. The number of halogens is 3. The number of ketones is 1. The zero-order valence-electron chi connectivity index (χ0n) is 16.6. The summed E-state index contributed by atoms with van der Waals surface area (Å²) < 4.78 is 7.01. The van der Waals surface area contributed by atoms with Gasteiger partial charge in [0, 0.05) is 16.0 Å². The molecule has 0 fully saturated rings. The van der Waals surface area contributed by atoms with E-state index in [2.05, 4.69) is 0 Å². The largest absolute Gasteiger partial charge is 0.424 e. The van der Waals surface area contributed by atoms with Crippen molar-refractivity contribution >= 4 is 69.2 Å². The van der Waals surface area contributed by atoms with Gasteiger partial charge in [0.2, 0.25) is 0 Å². The van der Waals surface area contributed by atoms with Crippen LogP contribution in [-0.4, -0.2) is 21.6 Å². The average molecular weight is 517 g/mol. The number of benzene rings is 3. The molecule has 0 saturated carbocycles. The first-order valence-electron chi connectivity index (χ1n) is 9.67. The minimum atomic E-state index is -1.33. The molecule has 0 N–H and O–H groups in total. The van der Waals surface area contributed by atoms with E-state index in [4.69, 9.17) is 39.5 Å². The summed E-state index contributed by atoms with van der Waals surface area (Å²) in [5, 5.41) is -0.163. The summed E-state index contributed by atoms with van der Waals surface area (Å²) in [7, 11) is 0. The molecule has 9 heteroatoms. The molecule has 2 heterocycles. The number of ether oxygens (including phenoxy) is 1. The Bertz CT molecular complexity index is 1520. The highest BCUT2D eigenvalue weighted by Gasteiger charge is 2.41. The zero-order chi connectivity index (χ0) is 23.3. The molecule has 0 radical (unpaired) electrons. The van der Waals surface area contributed by atoms with Gasteiger partial charge in [0.15, 0.2) is 16.8 Å². The molecule has 4 aromatic rings.